The Morgan fingerprint density at radius 2 is 1.59 bits per heavy atom. The van der Waals surface area contributed by atoms with Crippen molar-refractivity contribution in [2.75, 3.05) is 18.6 Å². The Labute approximate surface area is 203 Å². The molecule has 0 amide bonds. The molecule has 0 unspecified atom stereocenters. The van der Waals surface area contributed by atoms with Gasteiger partial charge >= 0.3 is 0 Å². The molecule has 4 rings (SSSR count). The van der Waals surface area contributed by atoms with Gasteiger partial charge in [-0.3, -0.25) is 4.99 Å². The maximum atomic E-state index is 5.93. The lowest BCUT2D eigenvalue weighted by atomic mass is 9.87. The number of methoxy groups -OCH3 is 1. The van der Waals surface area contributed by atoms with Crippen LogP contribution < -0.4 is 14.4 Å². The van der Waals surface area contributed by atoms with Gasteiger partial charge in [0.05, 0.1) is 18.3 Å². The van der Waals surface area contributed by atoms with Gasteiger partial charge in [-0.2, -0.15) is 0 Å². The van der Waals surface area contributed by atoms with Gasteiger partial charge in [-0.15, -0.1) is 0 Å². The van der Waals surface area contributed by atoms with Crippen molar-refractivity contribution in [3.8, 4) is 17.2 Å². The van der Waals surface area contributed by atoms with Crippen LogP contribution in [0.2, 0.25) is 0 Å². The number of nitrogens with zero attached hydrogens (tertiary/aromatic N) is 2. The normalized spacial score (nSPS) is 14.6. The minimum atomic E-state index is -0.0316. The van der Waals surface area contributed by atoms with E-state index >= 15 is 0 Å². The first-order chi connectivity index (χ1) is 16.3. The highest BCUT2D eigenvalue weighted by Gasteiger charge is 2.31. The van der Waals surface area contributed by atoms with Crippen molar-refractivity contribution in [1.82, 2.24) is 0 Å². The van der Waals surface area contributed by atoms with E-state index in [0.717, 1.165) is 41.5 Å². The van der Waals surface area contributed by atoms with Crippen LogP contribution in [0.5, 0.6) is 17.2 Å². The summed E-state index contributed by atoms with van der Waals surface area (Å²) in [6.07, 6.45) is 5.32. The predicted octanol–water partition coefficient (Wildman–Crippen LogP) is 7.96. The molecule has 0 aromatic heterocycles. The molecule has 1 heterocycles. The van der Waals surface area contributed by atoms with Crippen molar-refractivity contribution >= 4 is 23.2 Å². The lowest BCUT2D eigenvalue weighted by molar-refractivity contribution is 0.413. The van der Waals surface area contributed by atoms with Crippen molar-refractivity contribution < 1.29 is 9.47 Å². The van der Waals surface area contributed by atoms with Gasteiger partial charge < -0.3 is 14.4 Å². The number of hydrogen-bond acceptors (Lipinski definition) is 4. The van der Waals surface area contributed by atoms with Crippen molar-refractivity contribution in [3.05, 3.63) is 83.4 Å². The van der Waals surface area contributed by atoms with Gasteiger partial charge in [0, 0.05) is 35.6 Å². The van der Waals surface area contributed by atoms with E-state index in [1.807, 2.05) is 54.7 Å². The quantitative estimate of drug-likeness (QED) is 0.340. The van der Waals surface area contributed by atoms with Gasteiger partial charge in [0.2, 0.25) is 0 Å². The molecule has 0 atom stereocenters. The minimum Gasteiger partial charge on any atom is -0.496 e. The zero-order valence-electron chi connectivity index (χ0n) is 21.1. The number of fused-ring (bicyclic) bond motifs is 1. The smallest absolute Gasteiger partial charge is 0.129 e. The van der Waals surface area contributed by atoms with E-state index in [2.05, 4.69) is 57.7 Å². The van der Waals surface area contributed by atoms with Crippen LogP contribution in [-0.4, -0.2) is 25.4 Å². The molecule has 4 heteroatoms. The molecular formula is C30H34N2O2. The SMILES string of the molecule is CCCN1c2cc(OC)c(C=Nc3ccc(Oc4ccc(C)cc4)cc3)cc2C(C)=CC1(C)C. The summed E-state index contributed by atoms with van der Waals surface area (Å²) in [6.45, 7) is 12.0. The lowest BCUT2D eigenvalue weighted by Crippen LogP contribution is -2.45. The molecular weight excluding hydrogens is 420 g/mol. The predicted molar refractivity (Wildman–Crippen MR) is 143 cm³/mol. The Morgan fingerprint density at radius 3 is 2.21 bits per heavy atom. The van der Waals surface area contributed by atoms with Gasteiger partial charge in [-0.05, 0) is 82.2 Å². The third-order valence-electron chi connectivity index (χ3n) is 6.22. The summed E-state index contributed by atoms with van der Waals surface area (Å²) < 4.78 is 11.7. The number of benzene rings is 3. The first-order valence-electron chi connectivity index (χ1n) is 11.9. The monoisotopic (exact) mass is 454 g/mol. The number of allylic oxidation sites excluding steroid dienone is 1. The van der Waals surface area contributed by atoms with Crippen LogP contribution in [0, 0.1) is 6.92 Å². The summed E-state index contributed by atoms with van der Waals surface area (Å²) in [6, 6.07) is 20.2. The Morgan fingerprint density at radius 1 is 0.941 bits per heavy atom. The second kappa shape index (κ2) is 9.76. The Hall–Kier alpha value is -3.53. The highest BCUT2D eigenvalue weighted by Crippen LogP contribution is 2.42. The van der Waals surface area contributed by atoms with Gasteiger partial charge in [0.15, 0.2) is 0 Å². The zero-order valence-corrected chi connectivity index (χ0v) is 21.1. The summed E-state index contributed by atoms with van der Waals surface area (Å²) >= 11 is 0. The van der Waals surface area contributed by atoms with Crippen molar-refractivity contribution in [3.63, 3.8) is 0 Å². The molecule has 3 aromatic carbocycles. The standard InChI is InChI=1S/C30H34N2O2/c1-7-16-32-28-18-29(33-6)23(17-27(28)22(3)19-30(32,4)5)20-31-24-10-14-26(15-11-24)34-25-12-8-21(2)9-13-25/h8-15,17-20H,7,16H2,1-6H3. The van der Waals surface area contributed by atoms with Gasteiger partial charge in [0.1, 0.15) is 17.2 Å². The van der Waals surface area contributed by atoms with E-state index in [0.29, 0.717) is 0 Å². The van der Waals surface area contributed by atoms with Crippen molar-refractivity contribution in [2.45, 2.75) is 46.6 Å². The third kappa shape index (κ3) is 5.01. The maximum Gasteiger partial charge on any atom is 0.129 e. The summed E-state index contributed by atoms with van der Waals surface area (Å²) in [5.41, 5.74) is 6.73. The largest absolute Gasteiger partial charge is 0.496 e. The number of aliphatic imine (C=N–C) groups is 1. The van der Waals surface area contributed by atoms with E-state index in [1.54, 1.807) is 7.11 Å². The summed E-state index contributed by atoms with van der Waals surface area (Å²) in [5, 5.41) is 0. The maximum absolute atomic E-state index is 5.93. The number of ether oxygens (including phenoxy) is 2. The van der Waals surface area contributed by atoms with E-state index in [9.17, 15) is 0 Å². The van der Waals surface area contributed by atoms with Crippen LogP contribution in [0.25, 0.3) is 5.57 Å². The lowest BCUT2D eigenvalue weighted by Gasteiger charge is -2.43. The molecule has 34 heavy (non-hydrogen) atoms. The molecule has 0 aliphatic carbocycles. The average molecular weight is 455 g/mol. The number of rotatable bonds is 7. The van der Waals surface area contributed by atoms with E-state index in [4.69, 9.17) is 14.5 Å². The molecule has 4 nitrogen and oxygen atoms in total. The van der Waals surface area contributed by atoms with Crippen LogP contribution in [-0.2, 0) is 0 Å². The van der Waals surface area contributed by atoms with Gasteiger partial charge in [-0.1, -0.05) is 30.7 Å². The molecule has 1 aliphatic rings. The zero-order chi connectivity index (χ0) is 24.3. The number of anilines is 1. The summed E-state index contributed by atoms with van der Waals surface area (Å²) in [7, 11) is 1.72. The number of aryl methyl sites for hydroxylation is 1. The fraction of sp³-hybridized carbons (Fsp3) is 0.300. The van der Waals surface area contributed by atoms with Crippen molar-refractivity contribution in [1.29, 1.82) is 0 Å². The Balaban J connectivity index is 1.58. The molecule has 1 aliphatic heterocycles. The third-order valence-corrected chi connectivity index (χ3v) is 6.22. The first-order valence-corrected chi connectivity index (χ1v) is 11.9. The fourth-order valence-corrected chi connectivity index (χ4v) is 4.52. The minimum absolute atomic E-state index is 0.0316. The molecule has 0 saturated carbocycles. The fourth-order valence-electron chi connectivity index (χ4n) is 4.52. The van der Waals surface area contributed by atoms with E-state index in [1.165, 1.54) is 22.4 Å². The molecule has 3 aromatic rings. The van der Waals surface area contributed by atoms with Gasteiger partial charge in [0.25, 0.3) is 0 Å². The Kier molecular flexibility index (Phi) is 6.78. The number of hydrogen-bond donors (Lipinski definition) is 0. The van der Waals surface area contributed by atoms with Crippen molar-refractivity contribution in [2.24, 2.45) is 4.99 Å². The van der Waals surface area contributed by atoms with Crippen LogP contribution >= 0.6 is 0 Å². The molecule has 0 N–H and O–H groups in total. The molecule has 176 valence electrons. The van der Waals surface area contributed by atoms with Crippen LogP contribution in [0.4, 0.5) is 11.4 Å². The highest BCUT2D eigenvalue weighted by molar-refractivity contribution is 5.92. The molecule has 0 fully saturated rings. The molecule has 0 saturated heterocycles. The second-order valence-corrected chi connectivity index (χ2v) is 9.41. The first kappa shape index (κ1) is 23.6. The van der Waals surface area contributed by atoms with Gasteiger partial charge in [-0.25, -0.2) is 0 Å². The average Bonchev–Trinajstić information content (AvgIpc) is 2.82. The summed E-state index contributed by atoms with van der Waals surface area (Å²) in [4.78, 5) is 7.17. The summed E-state index contributed by atoms with van der Waals surface area (Å²) in [5.74, 6) is 2.44. The molecule has 0 spiro atoms. The molecule has 0 bridgehead atoms. The van der Waals surface area contributed by atoms with E-state index in [-0.39, 0.29) is 5.54 Å². The topological polar surface area (TPSA) is 34.1 Å². The molecule has 0 radical (unpaired) electrons. The van der Waals surface area contributed by atoms with Crippen LogP contribution in [0.1, 0.15) is 50.8 Å². The van der Waals surface area contributed by atoms with Crippen LogP contribution in [0.3, 0.4) is 0 Å². The van der Waals surface area contributed by atoms with E-state index < -0.39 is 0 Å². The highest BCUT2D eigenvalue weighted by atomic mass is 16.5. The van der Waals surface area contributed by atoms with Crippen LogP contribution in [0.15, 0.2) is 71.7 Å². The second-order valence-electron chi connectivity index (χ2n) is 9.41. The Bertz CT molecular complexity index is 1210.